The van der Waals surface area contributed by atoms with E-state index in [2.05, 4.69) is 25.8 Å². The van der Waals surface area contributed by atoms with Crippen LogP contribution in [0.1, 0.15) is 37.9 Å². The average Bonchev–Trinajstić information content (AvgIpc) is 2.48. The third-order valence-corrected chi connectivity index (χ3v) is 3.00. The molecule has 0 aliphatic carbocycles. The maximum Gasteiger partial charge on any atom is 0.223 e. The predicted molar refractivity (Wildman–Crippen MR) is 67.4 cm³/mol. The number of hydrogen-bond donors (Lipinski definition) is 0. The van der Waals surface area contributed by atoms with Crippen LogP contribution in [0, 0.1) is 12.3 Å². The summed E-state index contributed by atoms with van der Waals surface area (Å²) in [6, 6.07) is 0. The molecule has 1 amide bonds. The van der Waals surface area contributed by atoms with E-state index in [0.717, 1.165) is 10.7 Å². The summed E-state index contributed by atoms with van der Waals surface area (Å²) in [6.07, 6.45) is 0.576. The van der Waals surface area contributed by atoms with Gasteiger partial charge in [-0.25, -0.2) is 4.98 Å². The van der Waals surface area contributed by atoms with Gasteiger partial charge in [-0.1, -0.05) is 20.8 Å². The lowest BCUT2D eigenvalue weighted by Crippen LogP contribution is -2.29. The molecule has 0 unspecified atom stereocenters. The maximum atomic E-state index is 11.9. The highest BCUT2D eigenvalue weighted by molar-refractivity contribution is 7.09. The highest BCUT2D eigenvalue weighted by Crippen LogP contribution is 2.20. The van der Waals surface area contributed by atoms with Crippen molar-refractivity contribution in [3.8, 4) is 0 Å². The molecule has 1 rings (SSSR count). The summed E-state index contributed by atoms with van der Waals surface area (Å²) in [5, 5.41) is 3.06. The van der Waals surface area contributed by atoms with Crippen LogP contribution in [0.15, 0.2) is 5.38 Å². The first-order valence-corrected chi connectivity index (χ1v) is 6.31. The van der Waals surface area contributed by atoms with E-state index in [4.69, 9.17) is 0 Å². The van der Waals surface area contributed by atoms with E-state index >= 15 is 0 Å². The zero-order valence-electron chi connectivity index (χ0n) is 10.7. The van der Waals surface area contributed by atoms with E-state index < -0.39 is 0 Å². The lowest BCUT2D eigenvalue weighted by Gasteiger charge is -2.22. The molecule has 0 bridgehead atoms. The molecule has 0 atom stereocenters. The highest BCUT2D eigenvalue weighted by Gasteiger charge is 2.19. The molecule has 16 heavy (non-hydrogen) atoms. The van der Waals surface area contributed by atoms with Crippen molar-refractivity contribution in [2.75, 3.05) is 7.05 Å². The largest absolute Gasteiger partial charge is 0.340 e. The van der Waals surface area contributed by atoms with Crippen molar-refractivity contribution in [1.82, 2.24) is 9.88 Å². The molecule has 0 saturated carbocycles. The van der Waals surface area contributed by atoms with Gasteiger partial charge in [0, 0.05) is 18.8 Å². The number of aromatic nitrogens is 1. The Labute approximate surface area is 101 Å². The highest BCUT2D eigenvalue weighted by atomic mass is 32.1. The third kappa shape index (κ3) is 4.31. The van der Waals surface area contributed by atoms with Crippen molar-refractivity contribution >= 4 is 17.2 Å². The summed E-state index contributed by atoms with van der Waals surface area (Å²) in [4.78, 5) is 18.0. The van der Waals surface area contributed by atoms with Gasteiger partial charge in [-0.05, 0) is 12.3 Å². The van der Waals surface area contributed by atoms with Crippen LogP contribution in [0.4, 0.5) is 0 Å². The standard InChI is InChI=1S/C12H20N2OS/c1-9-13-10(8-16-9)7-14(5)11(15)6-12(2,3)4/h8H,6-7H2,1-5H3. The van der Waals surface area contributed by atoms with Crippen LogP contribution < -0.4 is 0 Å². The van der Waals surface area contributed by atoms with Crippen LogP contribution in [-0.4, -0.2) is 22.8 Å². The molecule has 0 aliphatic heterocycles. The molecular formula is C12H20N2OS. The van der Waals surface area contributed by atoms with Gasteiger partial charge in [0.05, 0.1) is 17.2 Å². The number of carbonyl (C=O) groups excluding carboxylic acids is 1. The van der Waals surface area contributed by atoms with E-state index in [9.17, 15) is 4.79 Å². The Morgan fingerprint density at radius 1 is 1.50 bits per heavy atom. The molecular weight excluding hydrogens is 220 g/mol. The Morgan fingerprint density at radius 2 is 2.12 bits per heavy atom. The van der Waals surface area contributed by atoms with Crippen LogP contribution in [0.3, 0.4) is 0 Å². The second-order valence-corrected chi connectivity index (χ2v) is 6.41. The zero-order valence-corrected chi connectivity index (χ0v) is 11.5. The predicted octanol–water partition coefficient (Wildman–Crippen LogP) is 2.85. The van der Waals surface area contributed by atoms with E-state index in [0.29, 0.717) is 13.0 Å². The minimum absolute atomic E-state index is 0.0450. The van der Waals surface area contributed by atoms with Crippen LogP contribution in [0.5, 0.6) is 0 Å². The van der Waals surface area contributed by atoms with E-state index in [1.54, 1.807) is 16.2 Å². The van der Waals surface area contributed by atoms with Gasteiger partial charge in [0.25, 0.3) is 0 Å². The second-order valence-electron chi connectivity index (χ2n) is 5.35. The summed E-state index contributed by atoms with van der Waals surface area (Å²) in [6.45, 7) is 8.81. The Kier molecular flexibility index (Phi) is 4.08. The average molecular weight is 240 g/mol. The lowest BCUT2D eigenvalue weighted by atomic mass is 9.92. The van der Waals surface area contributed by atoms with Gasteiger partial charge in [0.2, 0.25) is 5.91 Å². The van der Waals surface area contributed by atoms with E-state index in [1.165, 1.54) is 0 Å². The SMILES string of the molecule is Cc1nc(CN(C)C(=O)CC(C)(C)C)cs1. The molecule has 90 valence electrons. The maximum absolute atomic E-state index is 11.9. The van der Waals surface area contributed by atoms with Crippen LogP contribution in [-0.2, 0) is 11.3 Å². The fraction of sp³-hybridized carbons (Fsp3) is 0.667. The first-order chi connectivity index (χ1) is 7.28. The van der Waals surface area contributed by atoms with Gasteiger partial charge in [0.1, 0.15) is 0 Å². The minimum Gasteiger partial charge on any atom is -0.340 e. The number of nitrogens with zero attached hydrogens (tertiary/aromatic N) is 2. The first kappa shape index (κ1) is 13.2. The van der Waals surface area contributed by atoms with Crippen LogP contribution in [0.25, 0.3) is 0 Å². The summed E-state index contributed by atoms with van der Waals surface area (Å²) < 4.78 is 0. The molecule has 0 saturated heterocycles. The Morgan fingerprint density at radius 3 is 2.56 bits per heavy atom. The molecule has 3 nitrogen and oxygen atoms in total. The minimum atomic E-state index is 0.0450. The molecule has 1 aromatic rings. The fourth-order valence-corrected chi connectivity index (χ4v) is 2.00. The Bertz CT molecular complexity index is 365. The van der Waals surface area contributed by atoms with Gasteiger partial charge < -0.3 is 4.90 Å². The van der Waals surface area contributed by atoms with Crippen molar-refractivity contribution in [3.05, 3.63) is 16.1 Å². The van der Waals surface area contributed by atoms with Gasteiger partial charge >= 0.3 is 0 Å². The molecule has 0 aromatic carbocycles. The number of amides is 1. The number of carbonyl (C=O) groups is 1. The summed E-state index contributed by atoms with van der Waals surface area (Å²) in [5.74, 6) is 0.179. The molecule has 0 aliphatic rings. The number of thiazole rings is 1. The molecule has 1 heterocycles. The molecule has 1 aromatic heterocycles. The molecule has 4 heteroatoms. The van der Waals surface area contributed by atoms with Gasteiger partial charge in [-0.2, -0.15) is 0 Å². The van der Waals surface area contributed by atoms with E-state index in [-0.39, 0.29) is 11.3 Å². The normalized spacial score (nSPS) is 11.6. The fourth-order valence-electron chi connectivity index (χ4n) is 1.40. The monoisotopic (exact) mass is 240 g/mol. The van der Waals surface area contributed by atoms with Gasteiger partial charge in [0.15, 0.2) is 0 Å². The van der Waals surface area contributed by atoms with Gasteiger partial charge in [-0.3, -0.25) is 4.79 Å². The molecule has 0 radical (unpaired) electrons. The van der Waals surface area contributed by atoms with Crippen LogP contribution >= 0.6 is 11.3 Å². The topological polar surface area (TPSA) is 33.2 Å². The van der Waals surface area contributed by atoms with E-state index in [1.807, 2.05) is 19.4 Å². The van der Waals surface area contributed by atoms with Crippen molar-refractivity contribution in [2.45, 2.75) is 40.7 Å². The lowest BCUT2D eigenvalue weighted by molar-refractivity contribution is -0.132. The molecule has 0 N–H and O–H groups in total. The first-order valence-electron chi connectivity index (χ1n) is 5.43. The summed E-state index contributed by atoms with van der Waals surface area (Å²) >= 11 is 1.62. The molecule has 0 spiro atoms. The zero-order chi connectivity index (χ0) is 12.3. The summed E-state index contributed by atoms with van der Waals surface area (Å²) in [7, 11) is 1.84. The Hall–Kier alpha value is -0.900. The van der Waals surface area contributed by atoms with Crippen molar-refractivity contribution in [1.29, 1.82) is 0 Å². The second kappa shape index (κ2) is 4.95. The molecule has 0 fully saturated rings. The van der Waals surface area contributed by atoms with Gasteiger partial charge in [-0.15, -0.1) is 11.3 Å². The third-order valence-electron chi connectivity index (χ3n) is 2.17. The smallest absolute Gasteiger partial charge is 0.223 e. The van der Waals surface area contributed by atoms with Crippen molar-refractivity contribution in [3.63, 3.8) is 0 Å². The van der Waals surface area contributed by atoms with Crippen molar-refractivity contribution < 1.29 is 4.79 Å². The van der Waals surface area contributed by atoms with Crippen LogP contribution in [0.2, 0.25) is 0 Å². The summed E-state index contributed by atoms with van der Waals surface area (Å²) in [5.41, 5.74) is 1.02. The number of aryl methyl sites for hydroxylation is 1. The quantitative estimate of drug-likeness (QED) is 0.814. The number of rotatable bonds is 3. The van der Waals surface area contributed by atoms with Crippen molar-refractivity contribution in [2.24, 2.45) is 5.41 Å². The number of hydrogen-bond acceptors (Lipinski definition) is 3. The Balaban J connectivity index is 2.52.